The molecule has 1 aromatic carbocycles. The molecule has 0 saturated heterocycles. The summed E-state index contributed by atoms with van der Waals surface area (Å²) in [7, 11) is 1.48. The van der Waals surface area contributed by atoms with Crippen LogP contribution in [0.15, 0.2) is 36.7 Å². The normalized spacial score (nSPS) is 18.6. The number of hydrogen-bond donors (Lipinski definition) is 1. The van der Waals surface area contributed by atoms with Crippen LogP contribution in [0.1, 0.15) is 67.6 Å². The largest absolute Gasteiger partial charge is 0.484 e. The van der Waals surface area contributed by atoms with Gasteiger partial charge in [-0.15, -0.1) is 0 Å². The highest BCUT2D eigenvalue weighted by atomic mass is 19.1. The van der Waals surface area contributed by atoms with Crippen molar-refractivity contribution < 1.29 is 23.8 Å². The number of aryl methyl sites for hydroxylation is 2. The van der Waals surface area contributed by atoms with E-state index in [2.05, 4.69) is 22.1 Å². The summed E-state index contributed by atoms with van der Waals surface area (Å²) in [6.45, 7) is 3.75. The highest BCUT2D eigenvalue weighted by molar-refractivity contribution is 5.71. The molecule has 3 aromatic rings. The Morgan fingerprint density at radius 3 is 2.72 bits per heavy atom. The Bertz CT molecular complexity index is 1290. The predicted molar refractivity (Wildman–Crippen MR) is 132 cm³/mol. The summed E-state index contributed by atoms with van der Waals surface area (Å²) in [6.07, 6.45) is 6.77. The quantitative estimate of drug-likeness (QED) is 0.443. The monoisotopic (exact) mass is 491 g/mol. The van der Waals surface area contributed by atoms with Crippen molar-refractivity contribution in [1.29, 1.82) is 0 Å². The van der Waals surface area contributed by atoms with Gasteiger partial charge in [0.1, 0.15) is 11.9 Å². The van der Waals surface area contributed by atoms with Gasteiger partial charge < -0.3 is 14.6 Å². The van der Waals surface area contributed by atoms with E-state index >= 15 is 0 Å². The Labute approximate surface area is 209 Å². The average Bonchev–Trinajstić information content (AvgIpc) is 3.73. The van der Waals surface area contributed by atoms with E-state index in [1.54, 1.807) is 13.1 Å². The number of aliphatic carboxylic acids is 1. The number of fused-ring (bicyclic) bond motifs is 1. The fourth-order valence-corrected chi connectivity index (χ4v) is 5.16. The van der Waals surface area contributed by atoms with Gasteiger partial charge in [-0.3, -0.25) is 14.8 Å². The molecule has 188 valence electrons. The fraction of sp³-hybridized carbons (Fsp3) is 0.429. The SMILES string of the molecule is CCc1nc(C2CCc3ccc(C(C4CC4)C(C)C(=O)O)cc3O2)cnc1-c1cc(OC)ncc1F. The Morgan fingerprint density at radius 2 is 2.03 bits per heavy atom. The molecule has 1 fully saturated rings. The molecule has 8 heteroatoms. The minimum atomic E-state index is -0.769. The fourth-order valence-electron chi connectivity index (χ4n) is 5.16. The van der Waals surface area contributed by atoms with E-state index in [0.717, 1.165) is 48.8 Å². The summed E-state index contributed by atoms with van der Waals surface area (Å²) in [4.78, 5) is 25.0. The Morgan fingerprint density at radius 1 is 1.22 bits per heavy atom. The zero-order chi connectivity index (χ0) is 25.4. The van der Waals surface area contributed by atoms with Crippen LogP contribution in [0.3, 0.4) is 0 Å². The number of methoxy groups -OCH3 is 1. The maximum atomic E-state index is 14.6. The van der Waals surface area contributed by atoms with Crippen molar-refractivity contribution in [2.24, 2.45) is 11.8 Å². The van der Waals surface area contributed by atoms with Gasteiger partial charge >= 0.3 is 5.97 Å². The number of aromatic nitrogens is 3. The van der Waals surface area contributed by atoms with Gasteiger partial charge in [-0.1, -0.05) is 26.0 Å². The Kier molecular flexibility index (Phi) is 6.60. The van der Waals surface area contributed by atoms with Crippen LogP contribution in [-0.2, 0) is 17.6 Å². The molecule has 3 atom stereocenters. The van der Waals surface area contributed by atoms with Crippen LogP contribution < -0.4 is 9.47 Å². The van der Waals surface area contributed by atoms with Crippen LogP contribution in [0.4, 0.5) is 4.39 Å². The number of hydrogen-bond acceptors (Lipinski definition) is 6. The molecule has 3 heterocycles. The van der Waals surface area contributed by atoms with E-state index in [4.69, 9.17) is 14.5 Å². The zero-order valence-electron chi connectivity index (χ0n) is 20.7. The van der Waals surface area contributed by atoms with Crippen molar-refractivity contribution in [2.75, 3.05) is 7.11 Å². The smallest absolute Gasteiger partial charge is 0.306 e. The molecule has 2 aliphatic rings. The van der Waals surface area contributed by atoms with Crippen molar-refractivity contribution in [3.05, 3.63) is 65.0 Å². The number of halogens is 1. The summed E-state index contributed by atoms with van der Waals surface area (Å²) >= 11 is 0. The molecule has 3 unspecified atom stereocenters. The molecule has 5 rings (SSSR count). The molecular formula is C28H30FN3O4. The molecule has 36 heavy (non-hydrogen) atoms. The van der Waals surface area contributed by atoms with Crippen LogP contribution in [0.5, 0.6) is 11.6 Å². The number of nitrogens with zero attached hydrogens (tertiary/aromatic N) is 3. The van der Waals surface area contributed by atoms with Crippen molar-refractivity contribution >= 4 is 5.97 Å². The molecule has 1 saturated carbocycles. The van der Waals surface area contributed by atoms with Crippen LogP contribution in [0.25, 0.3) is 11.3 Å². The maximum absolute atomic E-state index is 14.6. The minimum Gasteiger partial charge on any atom is -0.484 e. The van der Waals surface area contributed by atoms with Gasteiger partial charge in [0.25, 0.3) is 0 Å². The van der Waals surface area contributed by atoms with Gasteiger partial charge in [-0.2, -0.15) is 0 Å². The third kappa shape index (κ3) is 4.64. The van der Waals surface area contributed by atoms with Gasteiger partial charge in [0, 0.05) is 11.6 Å². The van der Waals surface area contributed by atoms with E-state index in [-0.39, 0.29) is 12.0 Å². The second-order valence-electron chi connectivity index (χ2n) is 9.65. The van der Waals surface area contributed by atoms with Gasteiger partial charge in [-0.05, 0) is 61.1 Å². The lowest BCUT2D eigenvalue weighted by Crippen LogP contribution is -2.22. The molecule has 1 N–H and O–H groups in total. The Hall–Kier alpha value is -3.55. The third-order valence-corrected chi connectivity index (χ3v) is 7.30. The van der Waals surface area contributed by atoms with Gasteiger partial charge in [0.05, 0.1) is 42.5 Å². The topological polar surface area (TPSA) is 94.4 Å². The number of carboxylic acid groups (broad SMARTS) is 1. The lowest BCUT2D eigenvalue weighted by molar-refractivity contribution is -0.142. The predicted octanol–water partition coefficient (Wildman–Crippen LogP) is 5.53. The second-order valence-corrected chi connectivity index (χ2v) is 9.65. The summed E-state index contributed by atoms with van der Waals surface area (Å²) in [5, 5.41) is 9.64. The summed E-state index contributed by atoms with van der Waals surface area (Å²) < 4.78 is 26.1. The molecule has 0 amide bonds. The number of carbonyl (C=O) groups is 1. The lowest BCUT2D eigenvalue weighted by Gasteiger charge is -2.28. The number of benzene rings is 1. The molecule has 7 nitrogen and oxygen atoms in total. The molecule has 0 bridgehead atoms. The van der Waals surface area contributed by atoms with Crippen LogP contribution in [0.2, 0.25) is 0 Å². The average molecular weight is 492 g/mol. The van der Waals surface area contributed by atoms with E-state index in [1.807, 2.05) is 13.0 Å². The van der Waals surface area contributed by atoms with E-state index in [9.17, 15) is 14.3 Å². The summed E-state index contributed by atoms with van der Waals surface area (Å²) in [5.41, 5.74) is 4.27. The molecule has 1 aliphatic heterocycles. The second kappa shape index (κ2) is 9.84. The molecular weight excluding hydrogens is 461 g/mol. The van der Waals surface area contributed by atoms with Crippen molar-refractivity contribution in [2.45, 2.75) is 58.0 Å². The van der Waals surface area contributed by atoms with Crippen molar-refractivity contribution in [3.63, 3.8) is 0 Å². The summed E-state index contributed by atoms with van der Waals surface area (Å²) in [6, 6.07) is 7.68. The minimum absolute atomic E-state index is 0.0187. The standard InChI is InChI=1S/C28H30FN3O4/c1-4-21-27(19-12-25(35-3)30-13-20(19)29)31-14-22(32-21)23-10-9-16-5-8-18(11-24(16)36-23)26(17-6-7-17)15(2)28(33)34/h5,8,11-15,17,23,26H,4,6-7,9-10H2,1-3H3,(H,33,34). The highest BCUT2D eigenvalue weighted by Crippen LogP contribution is 2.48. The van der Waals surface area contributed by atoms with E-state index in [1.165, 1.54) is 13.2 Å². The number of ether oxygens (including phenoxy) is 2. The first kappa shape index (κ1) is 24.2. The van der Waals surface area contributed by atoms with Crippen LogP contribution in [0, 0.1) is 17.7 Å². The first-order valence-corrected chi connectivity index (χ1v) is 12.5. The number of rotatable bonds is 8. The molecule has 2 aromatic heterocycles. The molecule has 1 aliphatic carbocycles. The molecule has 0 spiro atoms. The summed E-state index contributed by atoms with van der Waals surface area (Å²) in [5.74, 6) is -0.225. The van der Waals surface area contributed by atoms with Gasteiger partial charge in [0.15, 0.2) is 5.82 Å². The van der Waals surface area contributed by atoms with E-state index < -0.39 is 17.7 Å². The van der Waals surface area contributed by atoms with Crippen LogP contribution in [-0.4, -0.2) is 33.1 Å². The first-order chi connectivity index (χ1) is 17.4. The number of carboxylic acids is 1. The molecule has 0 radical (unpaired) electrons. The maximum Gasteiger partial charge on any atom is 0.306 e. The third-order valence-electron chi connectivity index (χ3n) is 7.30. The lowest BCUT2D eigenvalue weighted by atomic mass is 9.82. The van der Waals surface area contributed by atoms with Crippen molar-refractivity contribution in [3.8, 4) is 22.9 Å². The van der Waals surface area contributed by atoms with Crippen LogP contribution >= 0.6 is 0 Å². The Balaban J connectivity index is 1.43. The van der Waals surface area contributed by atoms with Gasteiger partial charge in [0.2, 0.25) is 5.88 Å². The number of pyridine rings is 1. The van der Waals surface area contributed by atoms with Gasteiger partial charge in [-0.25, -0.2) is 9.37 Å². The highest BCUT2D eigenvalue weighted by Gasteiger charge is 2.39. The first-order valence-electron chi connectivity index (χ1n) is 12.5. The van der Waals surface area contributed by atoms with Crippen molar-refractivity contribution in [1.82, 2.24) is 15.0 Å². The van der Waals surface area contributed by atoms with E-state index in [0.29, 0.717) is 40.9 Å². The zero-order valence-corrected chi connectivity index (χ0v) is 20.7.